The van der Waals surface area contributed by atoms with Gasteiger partial charge in [-0.2, -0.15) is 0 Å². The van der Waals surface area contributed by atoms with Gasteiger partial charge in [-0.25, -0.2) is 4.39 Å². The van der Waals surface area contributed by atoms with Gasteiger partial charge in [0, 0.05) is 17.8 Å². The predicted molar refractivity (Wildman–Crippen MR) is 106 cm³/mol. The largest absolute Gasteiger partial charge is 0.356 e. The molecule has 1 amide bonds. The Hall–Kier alpha value is -3.47. The molecule has 1 heterocycles. The number of anilines is 1. The molecule has 4 rings (SSSR count). The van der Waals surface area contributed by atoms with Gasteiger partial charge in [-0.05, 0) is 36.8 Å². The molecule has 3 aromatic rings. The van der Waals surface area contributed by atoms with Crippen LogP contribution in [0.5, 0.6) is 0 Å². The molecule has 0 fully saturated rings. The smallest absolute Gasteiger partial charge is 0.258 e. The van der Waals surface area contributed by atoms with E-state index in [1.165, 1.54) is 17.0 Å². The molecule has 0 saturated heterocycles. The van der Waals surface area contributed by atoms with Crippen LogP contribution in [-0.2, 0) is 6.54 Å². The molecule has 1 N–H and O–H groups in total. The molecule has 3 aromatic carbocycles. The van der Waals surface area contributed by atoms with Gasteiger partial charge in [-0.1, -0.05) is 54.6 Å². The van der Waals surface area contributed by atoms with Crippen LogP contribution >= 0.6 is 0 Å². The minimum absolute atomic E-state index is 0.176. The summed E-state index contributed by atoms with van der Waals surface area (Å²) < 4.78 is 13.3. The molecular weight excluding hydrogens is 355 g/mol. The second-order valence-corrected chi connectivity index (χ2v) is 6.96. The van der Waals surface area contributed by atoms with Crippen molar-refractivity contribution >= 4 is 17.4 Å². The van der Waals surface area contributed by atoms with E-state index >= 15 is 0 Å². The van der Waals surface area contributed by atoms with Gasteiger partial charge in [0.05, 0.1) is 5.56 Å². The third-order valence-corrected chi connectivity index (χ3v) is 5.05. The van der Waals surface area contributed by atoms with E-state index in [-0.39, 0.29) is 24.1 Å². The van der Waals surface area contributed by atoms with Crippen molar-refractivity contribution in [1.29, 1.82) is 0 Å². The lowest BCUT2D eigenvalue weighted by Crippen LogP contribution is -2.62. The van der Waals surface area contributed by atoms with Crippen molar-refractivity contribution in [3.63, 3.8) is 0 Å². The quantitative estimate of drug-likeness (QED) is 0.685. The zero-order valence-corrected chi connectivity index (χ0v) is 15.4. The van der Waals surface area contributed by atoms with Gasteiger partial charge in [-0.15, -0.1) is 0 Å². The summed E-state index contributed by atoms with van der Waals surface area (Å²) in [5, 5.41) is 3.27. The number of carbonyl (C=O) groups is 2. The highest BCUT2D eigenvalue weighted by Gasteiger charge is 2.46. The maximum atomic E-state index is 13.4. The predicted octanol–water partition coefficient (Wildman–Crippen LogP) is 4.49. The molecule has 28 heavy (non-hydrogen) atoms. The summed E-state index contributed by atoms with van der Waals surface area (Å²) in [5.74, 6) is -0.802. The summed E-state index contributed by atoms with van der Waals surface area (Å²) in [4.78, 5) is 28.2. The number of halogens is 1. The van der Waals surface area contributed by atoms with Gasteiger partial charge in [0.25, 0.3) is 5.91 Å². The highest BCUT2D eigenvalue weighted by Crippen LogP contribution is 2.34. The molecule has 5 heteroatoms. The van der Waals surface area contributed by atoms with Gasteiger partial charge in [0.1, 0.15) is 5.82 Å². The normalized spacial score (nSPS) is 18.4. The van der Waals surface area contributed by atoms with Crippen molar-refractivity contribution in [2.24, 2.45) is 0 Å². The summed E-state index contributed by atoms with van der Waals surface area (Å²) in [6, 6.07) is 22.0. The molecule has 4 nitrogen and oxygen atoms in total. The second kappa shape index (κ2) is 6.93. The van der Waals surface area contributed by atoms with E-state index in [4.69, 9.17) is 0 Å². The number of hydrogen-bond donors (Lipinski definition) is 1. The van der Waals surface area contributed by atoms with Crippen molar-refractivity contribution in [3.8, 4) is 0 Å². The van der Waals surface area contributed by atoms with Gasteiger partial charge < -0.3 is 10.2 Å². The molecule has 0 bridgehead atoms. The summed E-state index contributed by atoms with van der Waals surface area (Å²) in [5.41, 5.74) is 1.09. The van der Waals surface area contributed by atoms with Crippen molar-refractivity contribution < 1.29 is 14.0 Å². The number of Topliss-reactive ketones (excluding diaryl/α,β-unsaturated/α-hetero) is 1. The summed E-state index contributed by atoms with van der Waals surface area (Å²) >= 11 is 0. The first-order chi connectivity index (χ1) is 13.5. The van der Waals surface area contributed by atoms with Crippen LogP contribution < -0.4 is 5.32 Å². The molecule has 0 aromatic heterocycles. The first-order valence-corrected chi connectivity index (χ1v) is 9.02. The maximum absolute atomic E-state index is 13.4. The van der Waals surface area contributed by atoms with Gasteiger partial charge in [0.15, 0.2) is 5.66 Å². The van der Waals surface area contributed by atoms with Gasteiger partial charge in [0.2, 0.25) is 5.78 Å². The van der Waals surface area contributed by atoms with Crippen LogP contribution in [0.25, 0.3) is 0 Å². The highest BCUT2D eigenvalue weighted by molar-refractivity contribution is 6.12. The standard InChI is InChI=1S/C23H19FN2O2/c1-23(21(27)17-7-3-2-4-8-17)25-20-10-6-5-9-19(20)22(28)26(23)15-16-11-13-18(24)14-12-16/h2-14,25H,15H2,1H3. The van der Waals surface area contributed by atoms with Crippen LogP contribution in [0, 0.1) is 5.82 Å². The number of hydrogen-bond acceptors (Lipinski definition) is 3. The van der Waals surface area contributed by atoms with E-state index < -0.39 is 5.66 Å². The fourth-order valence-electron chi connectivity index (χ4n) is 3.51. The van der Waals surface area contributed by atoms with Crippen LogP contribution in [0.1, 0.15) is 33.2 Å². The van der Waals surface area contributed by atoms with E-state index in [9.17, 15) is 14.0 Å². The summed E-state index contributed by atoms with van der Waals surface area (Å²) in [6.07, 6.45) is 0. The first kappa shape index (κ1) is 17.9. The zero-order chi connectivity index (χ0) is 19.7. The zero-order valence-electron chi connectivity index (χ0n) is 15.4. The molecular formula is C23H19FN2O2. The van der Waals surface area contributed by atoms with Crippen molar-refractivity contribution in [2.45, 2.75) is 19.1 Å². The van der Waals surface area contributed by atoms with Crippen LogP contribution in [-0.4, -0.2) is 22.3 Å². The number of rotatable bonds is 4. The average Bonchev–Trinajstić information content (AvgIpc) is 2.72. The molecule has 0 radical (unpaired) electrons. The molecule has 1 aliphatic rings. The Balaban J connectivity index is 1.79. The van der Waals surface area contributed by atoms with E-state index in [2.05, 4.69) is 5.32 Å². The Morgan fingerprint density at radius 3 is 2.32 bits per heavy atom. The van der Waals surface area contributed by atoms with Crippen molar-refractivity contribution in [2.75, 3.05) is 5.32 Å². The van der Waals surface area contributed by atoms with Gasteiger partial charge >= 0.3 is 0 Å². The van der Waals surface area contributed by atoms with Crippen molar-refractivity contribution in [3.05, 3.63) is 101 Å². The SMILES string of the molecule is CC1(C(=O)c2ccccc2)Nc2ccccc2C(=O)N1Cc1ccc(F)cc1. The Morgan fingerprint density at radius 1 is 0.964 bits per heavy atom. The number of carbonyl (C=O) groups excluding carboxylic acids is 2. The molecule has 0 spiro atoms. The summed E-state index contributed by atoms with van der Waals surface area (Å²) in [7, 11) is 0. The molecule has 0 saturated carbocycles. The minimum atomic E-state index is -1.28. The lowest BCUT2D eigenvalue weighted by molar-refractivity contribution is 0.0453. The Morgan fingerprint density at radius 2 is 1.61 bits per heavy atom. The van der Waals surface area contributed by atoms with Crippen LogP contribution in [0.4, 0.5) is 10.1 Å². The third-order valence-electron chi connectivity index (χ3n) is 5.05. The number of para-hydroxylation sites is 1. The van der Waals surface area contributed by atoms with Crippen LogP contribution in [0.3, 0.4) is 0 Å². The summed E-state index contributed by atoms with van der Waals surface area (Å²) in [6.45, 7) is 1.88. The highest BCUT2D eigenvalue weighted by atomic mass is 19.1. The molecule has 1 aliphatic heterocycles. The van der Waals surface area contributed by atoms with Crippen molar-refractivity contribution in [1.82, 2.24) is 4.90 Å². The number of nitrogens with zero attached hydrogens (tertiary/aromatic N) is 1. The van der Waals surface area contributed by atoms with E-state index in [1.807, 2.05) is 12.1 Å². The second-order valence-electron chi connectivity index (χ2n) is 6.96. The molecule has 140 valence electrons. The minimum Gasteiger partial charge on any atom is -0.356 e. The lowest BCUT2D eigenvalue weighted by Gasteiger charge is -2.45. The van der Waals surface area contributed by atoms with E-state index in [0.29, 0.717) is 16.8 Å². The fourth-order valence-corrected chi connectivity index (χ4v) is 3.51. The number of amides is 1. The first-order valence-electron chi connectivity index (χ1n) is 9.02. The Kier molecular flexibility index (Phi) is 4.43. The average molecular weight is 374 g/mol. The number of ketones is 1. The number of nitrogens with one attached hydrogen (secondary N) is 1. The Bertz CT molecular complexity index is 1030. The monoisotopic (exact) mass is 374 g/mol. The number of benzene rings is 3. The van der Waals surface area contributed by atoms with E-state index in [1.54, 1.807) is 61.5 Å². The number of fused-ring (bicyclic) bond motifs is 1. The molecule has 1 unspecified atom stereocenters. The topological polar surface area (TPSA) is 49.4 Å². The third kappa shape index (κ3) is 3.05. The molecule has 0 aliphatic carbocycles. The van der Waals surface area contributed by atoms with E-state index in [0.717, 1.165) is 5.56 Å². The Labute approximate surface area is 162 Å². The van der Waals surface area contributed by atoms with Crippen LogP contribution in [0.2, 0.25) is 0 Å². The molecule has 1 atom stereocenters. The maximum Gasteiger partial charge on any atom is 0.258 e. The lowest BCUT2D eigenvalue weighted by atomic mass is 9.92. The van der Waals surface area contributed by atoms with Crippen LogP contribution in [0.15, 0.2) is 78.9 Å². The van der Waals surface area contributed by atoms with Gasteiger partial charge in [-0.3, -0.25) is 9.59 Å². The fraction of sp³-hybridized carbons (Fsp3) is 0.130.